The molecule has 0 aliphatic rings. The topological polar surface area (TPSA) is 80.0 Å². The van der Waals surface area contributed by atoms with Crippen LogP contribution in [0.5, 0.6) is 0 Å². The average molecular weight is 404 g/mol. The Kier molecular flexibility index (Phi) is 4.95. The zero-order valence-corrected chi connectivity index (χ0v) is 16.9. The van der Waals surface area contributed by atoms with Crippen LogP contribution in [-0.2, 0) is 5.41 Å². The highest BCUT2D eigenvalue weighted by molar-refractivity contribution is 6.08. The Morgan fingerprint density at radius 3 is 2.63 bits per heavy atom. The molecule has 0 saturated heterocycles. The van der Waals surface area contributed by atoms with E-state index in [2.05, 4.69) is 20.6 Å². The Morgan fingerprint density at radius 2 is 1.87 bits per heavy atom. The summed E-state index contributed by atoms with van der Waals surface area (Å²) in [6.45, 7) is 6.07. The Bertz CT molecular complexity index is 1230. The number of carbonyl (C=O) groups is 1. The Labute approximate surface area is 173 Å². The predicted molar refractivity (Wildman–Crippen MR) is 115 cm³/mol. The van der Waals surface area contributed by atoms with E-state index in [1.54, 1.807) is 48.7 Å². The number of fused-ring (bicyclic) bond motifs is 1. The maximum atomic E-state index is 13.5. The van der Waals surface area contributed by atoms with Crippen molar-refractivity contribution in [3.05, 3.63) is 78.1 Å². The smallest absolute Gasteiger partial charge is 0.259 e. The molecular formula is C23H21FN4O2. The van der Waals surface area contributed by atoms with Gasteiger partial charge < -0.3 is 15.1 Å². The van der Waals surface area contributed by atoms with Gasteiger partial charge in [-0.1, -0.05) is 26.8 Å². The third-order valence-electron chi connectivity index (χ3n) is 4.43. The number of pyridine rings is 1. The van der Waals surface area contributed by atoms with Crippen molar-refractivity contribution < 1.29 is 13.6 Å². The van der Waals surface area contributed by atoms with Gasteiger partial charge >= 0.3 is 0 Å². The van der Waals surface area contributed by atoms with E-state index in [-0.39, 0.29) is 17.1 Å². The molecule has 4 aromatic rings. The van der Waals surface area contributed by atoms with Crippen LogP contribution < -0.4 is 10.6 Å². The summed E-state index contributed by atoms with van der Waals surface area (Å²) < 4.78 is 19.3. The molecule has 2 heterocycles. The van der Waals surface area contributed by atoms with Gasteiger partial charge in [0, 0.05) is 23.0 Å². The minimum absolute atomic E-state index is 0.213. The number of benzene rings is 2. The van der Waals surface area contributed by atoms with Crippen molar-refractivity contribution in [2.45, 2.75) is 26.2 Å². The number of hydrogen-bond donors (Lipinski definition) is 2. The molecule has 6 nitrogen and oxygen atoms in total. The number of amides is 1. The number of hydrogen-bond acceptors (Lipinski definition) is 5. The Hall–Kier alpha value is -3.74. The largest absolute Gasteiger partial charge is 0.440 e. The number of rotatable bonds is 4. The van der Waals surface area contributed by atoms with Gasteiger partial charge in [-0.15, -0.1) is 0 Å². The van der Waals surface area contributed by atoms with E-state index >= 15 is 0 Å². The van der Waals surface area contributed by atoms with Crippen LogP contribution in [0, 0.1) is 5.82 Å². The van der Waals surface area contributed by atoms with Crippen LogP contribution in [0.15, 0.2) is 65.2 Å². The highest BCUT2D eigenvalue weighted by Gasteiger charge is 2.21. The summed E-state index contributed by atoms with van der Waals surface area (Å²) >= 11 is 0. The second-order valence-electron chi connectivity index (χ2n) is 7.94. The third kappa shape index (κ3) is 4.15. The Balaban J connectivity index is 1.58. The van der Waals surface area contributed by atoms with E-state index in [1.165, 1.54) is 12.1 Å². The second kappa shape index (κ2) is 7.59. The number of nitrogens with one attached hydrogen (secondary N) is 2. The van der Waals surface area contributed by atoms with Crippen LogP contribution in [-0.4, -0.2) is 15.9 Å². The van der Waals surface area contributed by atoms with Crippen LogP contribution >= 0.6 is 0 Å². The number of nitrogens with zero attached hydrogens (tertiary/aromatic N) is 2. The number of anilines is 3. The van der Waals surface area contributed by atoms with Crippen LogP contribution in [0.25, 0.3) is 11.1 Å². The average Bonchev–Trinajstić information content (AvgIpc) is 3.12. The number of oxazole rings is 1. The molecule has 2 aromatic carbocycles. The molecule has 0 spiro atoms. The standard InChI is InChI=1S/C23H21FN4O2/c1-23(2,3)22-28-18-13-16(9-10-19(18)30-22)27-21(29)17-8-5-11-25-20(17)26-15-7-4-6-14(24)12-15/h4-13H,1-3H3,(H,25,26)(H,27,29). The fraction of sp³-hybridized carbons (Fsp3) is 0.174. The normalized spacial score (nSPS) is 11.5. The summed E-state index contributed by atoms with van der Waals surface area (Å²) in [6, 6.07) is 14.6. The summed E-state index contributed by atoms with van der Waals surface area (Å²) in [5.74, 6) is 0.242. The first-order valence-electron chi connectivity index (χ1n) is 9.50. The highest BCUT2D eigenvalue weighted by Crippen LogP contribution is 2.28. The molecule has 30 heavy (non-hydrogen) atoms. The van der Waals surface area contributed by atoms with E-state index < -0.39 is 0 Å². The van der Waals surface area contributed by atoms with Crippen molar-refractivity contribution >= 4 is 34.2 Å². The summed E-state index contributed by atoms with van der Waals surface area (Å²) in [5.41, 5.74) is 2.53. The second-order valence-corrected chi connectivity index (χ2v) is 7.94. The van der Waals surface area contributed by atoms with Crippen molar-refractivity contribution in [1.29, 1.82) is 0 Å². The zero-order chi connectivity index (χ0) is 21.3. The predicted octanol–water partition coefficient (Wildman–Crippen LogP) is 5.66. The summed E-state index contributed by atoms with van der Waals surface area (Å²) in [5, 5.41) is 5.85. The lowest BCUT2D eigenvalue weighted by molar-refractivity contribution is 0.102. The highest BCUT2D eigenvalue weighted by atomic mass is 19.1. The first-order chi connectivity index (χ1) is 14.3. The van der Waals surface area contributed by atoms with Crippen molar-refractivity contribution in [1.82, 2.24) is 9.97 Å². The van der Waals surface area contributed by atoms with Gasteiger partial charge in [0.15, 0.2) is 5.58 Å². The first-order valence-corrected chi connectivity index (χ1v) is 9.50. The molecule has 7 heteroatoms. The van der Waals surface area contributed by atoms with Gasteiger partial charge in [0.1, 0.15) is 17.2 Å². The lowest BCUT2D eigenvalue weighted by Crippen LogP contribution is -2.14. The summed E-state index contributed by atoms with van der Waals surface area (Å²) in [4.78, 5) is 21.6. The van der Waals surface area contributed by atoms with Crippen LogP contribution in [0.3, 0.4) is 0 Å². The molecule has 0 radical (unpaired) electrons. The molecule has 4 rings (SSSR count). The van der Waals surface area contributed by atoms with E-state index in [1.807, 2.05) is 20.8 Å². The molecule has 0 aliphatic heterocycles. The van der Waals surface area contributed by atoms with Gasteiger partial charge in [-0.25, -0.2) is 14.4 Å². The molecule has 0 saturated carbocycles. The van der Waals surface area contributed by atoms with Crippen LogP contribution in [0.4, 0.5) is 21.6 Å². The number of halogens is 1. The van der Waals surface area contributed by atoms with Gasteiger partial charge in [0.2, 0.25) is 5.89 Å². The van der Waals surface area contributed by atoms with E-state index in [0.29, 0.717) is 39.7 Å². The Morgan fingerprint density at radius 1 is 1.03 bits per heavy atom. The number of carbonyl (C=O) groups excluding carboxylic acids is 1. The minimum atomic E-state index is -0.377. The molecule has 0 fully saturated rings. The van der Waals surface area contributed by atoms with Crippen molar-refractivity contribution in [2.75, 3.05) is 10.6 Å². The maximum absolute atomic E-state index is 13.5. The maximum Gasteiger partial charge on any atom is 0.259 e. The quantitative estimate of drug-likeness (QED) is 0.459. The zero-order valence-electron chi connectivity index (χ0n) is 16.9. The van der Waals surface area contributed by atoms with Gasteiger partial charge in [0.25, 0.3) is 5.91 Å². The lowest BCUT2D eigenvalue weighted by Gasteiger charge is -2.11. The van der Waals surface area contributed by atoms with E-state index in [9.17, 15) is 9.18 Å². The molecule has 0 unspecified atom stereocenters. The third-order valence-corrected chi connectivity index (χ3v) is 4.43. The molecule has 0 aliphatic carbocycles. The van der Waals surface area contributed by atoms with Gasteiger partial charge in [-0.3, -0.25) is 4.79 Å². The monoisotopic (exact) mass is 404 g/mol. The molecule has 2 N–H and O–H groups in total. The summed E-state index contributed by atoms with van der Waals surface area (Å²) in [6.07, 6.45) is 1.56. The van der Waals surface area contributed by atoms with E-state index in [4.69, 9.17) is 4.42 Å². The first kappa shape index (κ1) is 19.6. The van der Waals surface area contributed by atoms with Crippen LogP contribution in [0.1, 0.15) is 37.0 Å². The van der Waals surface area contributed by atoms with Crippen molar-refractivity contribution in [3.63, 3.8) is 0 Å². The molecule has 1 amide bonds. The fourth-order valence-corrected chi connectivity index (χ4v) is 2.92. The van der Waals surface area contributed by atoms with Crippen LogP contribution in [0.2, 0.25) is 0 Å². The van der Waals surface area contributed by atoms with Crippen molar-refractivity contribution in [3.8, 4) is 0 Å². The minimum Gasteiger partial charge on any atom is -0.440 e. The molecular weight excluding hydrogens is 383 g/mol. The van der Waals surface area contributed by atoms with Gasteiger partial charge in [0.05, 0.1) is 5.56 Å². The van der Waals surface area contributed by atoms with Gasteiger partial charge in [-0.2, -0.15) is 0 Å². The van der Waals surface area contributed by atoms with Crippen molar-refractivity contribution in [2.24, 2.45) is 0 Å². The molecule has 0 atom stereocenters. The van der Waals surface area contributed by atoms with E-state index in [0.717, 1.165) is 0 Å². The molecule has 0 bridgehead atoms. The number of aromatic nitrogens is 2. The lowest BCUT2D eigenvalue weighted by atomic mass is 9.97. The van der Waals surface area contributed by atoms with Gasteiger partial charge in [-0.05, 0) is 48.5 Å². The fourth-order valence-electron chi connectivity index (χ4n) is 2.92. The molecule has 152 valence electrons. The SMILES string of the molecule is CC(C)(C)c1nc2cc(NC(=O)c3cccnc3Nc3cccc(F)c3)ccc2o1. The molecule has 2 aromatic heterocycles. The summed E-state index contributed by atoms with van der Waals surface area (Å²) in [7, 11) is 0.